The van der Waals surface area contributed by atoms with Crippen LogP contribution < -0.4 is 5.32 Å². The maximum absolute atomic E-state index is 3.43. The van der Waals surface area contributed by atoms with Crippen LogP contribution in [0.3, 0.4) is 0 Å². The molecule has 1 N–H and O–H groups in total. The SMILES string of the molecule is CC(C)N(CCc1ccc2c(c1)CCN2)Cc1ccccc1. The summed E-state index contributed by atoms with van der Waals surface area (Å²) in [5.41, 5.74) is 5.67. The van der Waals surface area contributed by atoms with Crippen molar-refractivity contribution in [1.29, 1.82) is 0 Å². The smallest absolute Gasteiger partial charge is 0.0373 e. The minimum Gasteiger partial charge on any atom is -0.384 e. The zero-order valence-electron chi connectivity index (χ0n) is 13.7. The molecule has 2 aromatic rings. The Morgan fingerprint density at radius 3 is 2.64 bits per heavy atom. The second-order valence-corrected chi connectivity index (χ2v) is 6.47. The Balaban J connectivity index is 1.62. The molecule has 116 valence electrons. The second kappa shape index (κ2) is 6.97. The van der Waals surface area contributed by atoms with E-state index in [1.807, 2.05) is 0 Å². The van der Waals surface area contributed by atoms with Crippen molar-refractivity contribution in [3.05, 3.63) is 65.2 Å². The third kappa shape index (κ3) is 3.69. The molecule has 0 radical (unpaired) electrons. The number of hydrogen-bond donors (Lipinski definition) is 1. The van der Waals surface area contributed by atoms with E-state index in [1.54, 1.807) is 0 Å². The fourth-order valence-electron chi connectivity index (χ4n) is 3.12. The molecule has 0 unspecified atom stereocenters. The summed E-state index contributed by atoms with van der Waals surface area (Å²) in [5, 5.41) is 3.43. The molecule has 1 aliphatic rings. The van der Waals surface area contributed by atoms with Crippen molar-refractivity contribution in [2.75, 3.05) is 18.4 Å². The maximum Gasteiger partial charge on any atom is 0.0373 e. The van der Waals surface area contributed by atoms with Crippen molar-refractivity contribution in [1.82, 2.24) is 4.90 Å². The van der Waals surface area contributed by atoms with E-state index >= 15 is 0 Å². The Bertz CT molecular complexity index is 604. The molecule has 0 bridgehead atoms. The zero-order valence-corrected chi connectivity index (χ0v) is 13.7. The molecule has 0 saturated carbocycles. The van der Waals surface area contributed by atoms with Crippen molar-refractivity contribution in [2.45, 2.75) is 39.3 Å². The fourth-order valence-corrected chi connectivity index (χ4v) is 3.12. The van der Waals surface area contributed by atoms with Gasteiger partial charge in [0.2, 0.25) is 0 Å². The second-order valence-electron chi connectivity index (χ2n) is 6.47. The molecule has 3 rings (SSSR count). The van der Waals surface area contributed by atoms with Gasteiger partial charge in [-0.2, -0.15) is 0 Å². The van der Waals surface area contributed by atoms with Gasteiger partial charge in [-0.3, -0.25) is 4.90 Å². The van der Waals surface area contributed by atoms with Gasteiger partial charge >= 0.3 is 0 Å². The highest BCUT2D eigenvalue weighted by atomic mass is 15.1. The number of fused-ring (bicyclic) bond motifs is 1. The average molecular weight is 294 g/mol. The summed E-state index contributed by atoms with van der Waals surface area (Å²) in [5.74, 6) is 0. The van der Waals surface area contributed by atoms with E-state index in [-0.39, 0.29) is 0 Å². The molecular weight excluding hydrogens is 268 g/mol. The molecule has 0 fully saturated rings. The summed E-state index contributed by atoms with van der Waals surface area (Å²) >= 11 is 0. The lowest BCUT2D eigenvalue weighted by atomic mass is 10.1. The number of anilines is 1. The minimum absolute atomic E-state index is 0.566. The molecule has 2 nitrogen and oxygen atoms in total. The molecular formula is C20H26N2. The van der Waals surface area contributed by atoms with Gasteiger partial charge < -0.3 is 5.32 Å². The summed E-state index contributed by atoms with van der Waals surface area (Å²) in [6.07, 6.45) is 2.29. The highest BCUT2D eigenvalue weighted by molar-refractivity contribution is 5.56. The first kappa shape index (κ1) is 15.1. The average Bonchev–Trinajstić information content (AvgIpc) is 2.99. The van der Waals surface area contributed by atoms with Crippen molar-refractivity contribution in [3.63, 3.8) is 0 Å². The van der Waals surface area contributed by atoms with Crippen LogP contribution in [0.4, 0.5) is 5.69 Å². The first-order valence-corrected chi connectivity index (χ1v) is 8.36. The van der Waals surface area contributed by atoms with Crippen LogP contribution in [0.5, 0.6) is 0 Å². The van der Waals surface area contributed by atoms with Gasteiger partial charge in [-0.05, 0) is 49.4 Å². The minimum atomic E-state index is 0.566. The van der Waals surface area contributed by atoms with Gasteiger partial charge in [-0.1, -0.05) is 42.5 Å². The van der Waals surface area contributed by atoms with E-state index in [2.05, 4.69) is 72.6 Å². The van der Waals surface area contributed by atoms with Gasteiger partial charge in [0.05, 0.1) is 0 Å². The Hall–Kier alpha value is -1.80. The first-order valence-electron chi connectivity index (χ1n) is 8.36. The summed E-state index contributed by atoms with van der Waals surface area (Å²) in [4.78, 5) is 2.56. The highest BCUT2D eigenvalue weighted by Crippen LogP contribution is 2.23. The summed E-state index contributed by atoms with van der Waals surface area (Å²) in [6, 6.07) is 18.2. The van der Waals surface area contributed by atoms with E-state index in [0.717, 1.165) is 26.1 Å². The molecule has 0 aliphatic carbocycles. The summed E-state index contributed by atoms with van der Waals surface area (Å²) < 4.78 is 0. The molecule has 0 saturated heterocycles. The maximum atomic E-state index is 3.43. The van der Waals surface area contributed by atoms with Crippen LogP contribution >= 0.6 is 0 Å². The Morgan fingerprint density at radius 2 is 1.86 bits per heavy atom. The number of rotatable bonds is 6. The molecule has 0 atom stereocenters. The van der Waals surface area contributed by atoms with Crippen LogP contribution in [0.15, 0.2) is 48.5 Å². The molecule has 0 aromatic heterocycles. The Labute approximate surface area is 134 Å². The van der Waals surface area contributed by atoms with Gasteiger partial charge in [-0.15, -0.1) is 0 Å². The van der Waals surface area contributed by atoms with Crippen LogP contribution in [0.1, 0.15) is 30.5 Å². The fraction of sp³-hybridized carbons (Fsp3) is 0.400. The number of nitrogens with one attached hydrogen (secondary N) is 1. The standard InChI is InChI=1S/C20H26N2/c1-16(2)22(15-18-6-4-3-5-7-18)13-11-17-8-9-20-19(14-17)10-12-21-20/h3-9,14,16,21H,10-13,15H2,1-2H3. The first-order chi connectivity index (χ1) is 10.7. The highest BCUT2D eigenvalue weighted by Gasteiger charge is 2.13. The third-order valence-corrected chi connectivity index (χ3v) is 4.53. The van der Waals surface area contributed by atoms with E-state index in [1.165, 1.54) is 28.8 Å². The van der Waals surface area contributed by atoms with E-state index < -0.39 is 0 Å². The molecule has 2 aromatic carbocycles. The van der Waals surface area contributed by atoms with Crippen LogP contribution in [0, 0.1) is 0 Å². The molecule has 0 amide bonds. The summed E-state index contributed by atoms with van der Waals surface area (Å²) in [6.45, 7) is 7.81. The zero-order chi connectivity index (χ0) is 15.4. The van der Waals surface area contributed by atoms with Gasteiger partial charge in [0.1, 0.15) is 0 Å². The van der Waals surface area contributed by atoms with Crippen molar-refractivity contribution >= 4 is 5.69 Å². The number of hydrogen-bond acceptors (Lipinski definition) is 2. The molecule has 22 heavy (non-hydrogen) atoms. The summed E-state index contributed by atoms with van der Waals surface area (Å²) in [7, 11) is 0. The number of nitrogens with zero attached hydrogens (tertiary/aromatic N) is 1. The number of benzene rings is 2. The lowest BCUT2D eigenvalue weighted by Gasteiger charge is -2.26. The van der Waals surface area contributed by atoms with Gasteiger partial charge in [0.15, 0.2) is 0 Å². The monoisotopic (exact) mass is 294 g/mol. The molecule has 1 aliphatic heterocycles. The van der Waals surface area contributed by atoms with Gasteiger partial charge in [0.25, 0.3) is 0 Å². The predicted molar refractivity (Wildman–Crippen MR) is 94.3 cm³/mol. The molecule has 1 heterocycles. The van der Waals surface area contributed by atoms with E-state index in [4.69, 9.17) is 0 Å². The normalized spacial score (nSPS) is 13.5. The third-order valence-electron chi connectivity index (χ3n) is 4.53. The largest absolute Gasteiger partial charge is 0.384 e. The lowest BCUT2D eigenvalue weighted by Crippen LogP contribution is -2.32. The molecule has 2 heteroatoms. The van der Waals surface area contributed by atoms with Crippen molar-refractivity contribution < 1.29 is 0 Å². The lowest BCUT2D eigenvalue weighted by molar-refractivity contribution is 0.215. The van der Waals surface area contributed by atoms with Crippen LogP contribution in [-0.4, -0.2) is 24.0 Å². The van der Waals surface area contributed by atoms with E-state index in [9.17, 15) is 0 Å². The Kier molecular flexibility index (Phi) is 4.79. The van der Waals surface area contributed by atoms with Gasteiger partial charge in [0, 0.05) is 31.4 Å². The van der Waals surface area contributed by atoms with Crippen LogP contribution in [0.25, 0.3) is 0 Å². The quantitative estimate of drug-likeness (QED) is 0.862. The predicted octanol–water partition coefficient (Wildman–Crippen LogP) is 4.11. The van der Waals surface area contributed by atoms with Crippen molar-refractivity contribution in [3.8, 4) is 0 Å². The van der Waals surface area contributed by atoms with Crippen LogP contribution in [0.2, 0.25) is 0 Å². The van der Waals surface area contributed by atoms with Crippen molar-refractivity contribution in [2.24, 2.45) is 0 Å². The molecule has 0 spiro atoms. The Morgan fingerprint density at radius 1 is 1.05 bits per heavy atom. The van der Waals surface area contributed by atoms with Gasteiger partial charge in [-0.25, -0.2) is 0 Å². The van der Waals surface area contributed by atoms with Crippen LogP contribution in [-0.2, 0) is 19.4 Å². The van der Waals surface area contributed by atoms with E-state index in [0.29, 0.717) is 6.04 Å². The topological polar surface area (TPSA) is 15.3 Å².